The van der Waals surface area contributed by atoms with Gasteiger partial charge in [0.05, 0.1) is 11.6 Å². The number of hydrogen-bond donors (Lipinski definition) is 1. The highest BCUT2D eigenvalue weighted by molar-refractivity contribution is 6.42. The molecule has 0 spiro atoms. The van der Waals surface area contributed by atoms with E-state index >= 15 is 0 Å². The summed E-state index contributed by atoms with van der Waals surface area (Å²) >= 11 is 12.1. The van der Waals surface area contributed by atoms with Gasteiger partial charge in [-0.2, -0.15) is 0 Å². The first-order valence-corrected chi connectivity index (χ1v) is 10.2. The molecule has 4 rings (SSSR count). The average molecular weight is 457 g/mol. The van der Waals surface area contributed by atoms with E-state index < -0.39 is 5.91 Å². The van der Waals surface area contributed by atoms with Crippen LogP contribution in [0.2, 0.25) is 10.0 Å². The van der Waals surface area contributed by atoms with Crippen LogP contribution in [-0.2, 0) is 13.2 Å². The van der Waals surface area contributed by atoms with Crippen LogP contribution in [-0.4, -0.2) is 20.7 Å². The smallest absolute Gasteiger partial charge is 0.293 e. The zero-order chi connectivity index (χ0) is 21.8. The second-order valence-corrected chi connectivity index (χ2v) is 7.54. The Hall–Kier alpha value is -3.29. The molecule has 0 saturated carbocycles. The summed E-state index contributed by atoms with van der Waals surface area (Å²) in [6.07, 6.45) is 1.57. The summed E-state index contributed by atoms with van der Waals surface area (Å²) in [5.41, 5.74) is 2.29. The minimum Gasteiger partial charge on any atom is -0.484 e. The maximum Gasteiger partial charge on any atom is 0.293 e. The summed E-state index contributed by atoms with van der Waals surface area (Å²) in [7, 11) is 0. The lowest BCUT2D eigenvalue weighted by atomic mass is 10.1. The van der Waals surface area contributed by atoms with Crippen LogP contribution in [0.25, 0.3) is 0 Å². The van der Waals surface area contributed by atoms with E-state index in [9.17, 15) is 4.79 Å². The van der Waals surface area contributed by atoms with Crippen LogP contribution in [0, 0.1) is 6.92 Å². The minimum atomic E-state index is -0.458. The molecule has 0 atom stereocenters. The van der Waals surface area contributed by atoms with Gasteiger partial charge < -0.3 is 9.15 Å². The Bertz CT molecular complexity index is 1220. The van der Waals surface area contributed by atoms with Gasteiger partial charge in [0, 0.05) is 0 Å². The number of nitrogens with one attached hydrogen (secondary N) is 1. The van der Waals surface area contributed by atoms with Crippen LogP contribution >= 0.6 is 23.2 Å². The summed E-state index contributed by atoms with van der Waals surface area (Å²) in [6.45, 7) is 2.69. The van der Waals surface area contributed by atoms with Gasteiger partial charge in [0.15, 0.2) is 5.76 Å². The van der Waals surface area contributed by atoms with Crippen molar-refractivity contribution in [2.24, 2.45) is 0 Å². The number of hydrogen-bond acceptors (Lipinski definition) is 5. The Morgan fingerprint density at radius 2 is 1.97 bits per heavy atom. The van der Waals surface area contributed by atoms with Crippen molar-refractivity contribution in [1.82, 2.24) is 14.8 Å². The maximum absolute atomic E-state index is 12.4. The van der Waals surface area contributed by atoms with Crippen molar-refractivity contribution in [2.75, 3.05) is 5.32 Å². The minimum absolute atomic E-state index is 0.0939. The lowest BCUT2D eigenvalue weighted by Gasteiger charge is -2.07. The number of carbonyl (C=O) groups is 1. The molecule has 0 aliphatic carbocycles. The molecule has 0 bridgehead atoms. The zero-order valence-electron chi connectivity index (χ0n) is 16.5. The van der Waals surface area contributed by atoms with Crippen LogP contribution in [0.5, 0.6) is 5.75 Å². The van der Waals surface area contributed by atoms with Crippen molar-refractivity contribution in [2.45, 2.75) is 20.1 Å². The van der Waals surface area contributed by atoms with E-state index in [1.807, 2.05) is 31.2 Å². The summed E-state index contributed by atoms with van der Waals surface area (Å²) in [4.78, 5) is 16.6. The van der Waals surface area contributed by atoms with Gasteiger partial charge in [-0.05, 0) is 42.3 Å². The van der Waals surface area contributed by atoms with Crippen molar-refractivity contribution in [3.8, 4) is 5.75 Å². The van der Waals surface area contributed by atoms with Crippen LogP contribution < -0.4 is 10.1 Å². The Balaban J connectivity index is 1.35. The molecule has 2 aromatic carbocycles. The van der Waals surface area contributed by atoms with Gasteiger partial charge in [-0.15, -0.1) is 5.10 Å². The van der Waals surface area contributed by atoms with Gasteiger partial charge in [-0.3, -0.25) is 10.1 Å². The molecule has 4 aromatic rings. The largest absolute Gasteiger partial charge is 0.484 e. The van der Waals surface area contributed by atoms with E-state index in [-0.39, 0.29) is 18.3 Å². The number of nitrogens with zero attached hydrogens (tertiary/aromatic N) is 3. The number of anilines is 1. The number of halogens is 2. The van der Waals surface area contributed by atoms with Gasteiger partial charge in [0.2, 0.25) is 5.95 Å². The molecule has 0 unspecified atom stereocenters. The molecule has 1 N–H and O–H groups in total. The second-order valence-electron chi connectivity index (χ2n) is 6.75. The number of amides is 1. The third-order valence-corrected chi connectivity index (χ3v) is 5.33. The Kier molecular flexibility index (Phi) is 6.25. The zero-order valence-corrected chi connectivity index (χ0v) is 18.0. The fraction of sp³-hybridized carbons (Fsp3) is 0.136. The maximum atomic E-state index is 12.4. The fourth-order valence-electron chi connectivity index (χ4n) is 2.88. The molecule has 0 aliphatic rings. The summed E-state index contributed by atoms with van der Waals surface area (Å²) in [5, 5.41) is 7.64. The molecule has 2 aromatic heterocycles. The number of benzene rings is 2. The normalized spacial score (nSPS) is 10.8. The standard InChI is InChI=1S/C22H18Cl2N4O3/c1-14-5-2-3-6-15(14)11-28-13-25-22(27-28)26-21(29)19-10-9-16(31-19)12-30-18-8-4-7-17(23)20(18)24/h2-10,13H,11-12H2,1H3,(H,26,27,29). The number of furan rings is 1. The van der Waals surface area contributed by atoms with E-state index in [2.05, 4.69) is 15.4 Å². The topological polar surface area (TPSA) is 82.2 Å². The van der Waals surface area contributed by atoms with Crippen LogP contribution in [0.4, 0.5) is 5.95 Å². The molecule has 9 heteroatoms. The highest BCUT2D eigenvalue weighted by Crippen LogP contribution is 2.32. The molecule has 31 heavy (non-hydrogen) atoms. The summed E-state index contributed by atoms with van der Waals surface area (Å²) < 4.78 is 12.8. The van der Waals surface area contributed by atoms with E-state index in [4.69, 9.17) is 32.4 Å². The van der Waals surface area contributed by atoms with Crippen molar-refractivity contribution in [3.05, 3.63) is 93.6 Å². The quantitative estimate of drug-likeness (QED) is 0.404. The lowest BCUT2D eigenvalue weighted by Crippen LogP contribution is -2.12. The van der Waals surface area contributed by atoms with Crippen LogP contribution in [0.3, 0.4) is 0 Å². The van der Waals surface area contributed by atoms with Gasteiger partial charge >= 0.3 is 0 Å². The molecule has 158 valence electrons. The fourth-order valence-corrected chi connectivity index (χ4v) is 3.22. The third kappa shape index (κ3) is 5.07. The van der Waals surface area contributed by atoms with Gasteiger partial charge in [0.25, 0.3) is 5.91 Å². The van der Waals surface area contributed by atoms with E-state index in [0.717, 1.165) is 11.1 Å². The molecule has 0 aliphatic heterocycles. The SMILES string of the molecule is Cc1ccccc1Cn1cnc(NC(=O)c2ccc(COc3cccc(Cl)c3Cl)o2)n1. The first-order valence-electron chi connectivity index (χ1n) is 9.40. The monoisotopic (exact) mass is 456 g/mol. The molecule has 7 nitrogen and oxygen atoms in total. The van der Waals surface area contributed by atoms with Gasteiger partial charge in [-0.25, -0.2) is 9.67 Å². The first kappa shape index (κ1) is 21.0. The third-order valence-electron chi connectivity index (χ3n) is 4.53. The van der Waals surface area contributed by atoms with Crippen molar-refractivity contribution in [3.63, 3.8) is 0 Å². The number of rotatable bonds is 7. The van der Waals surface area contributed by atoms with E-state index in [1.54, 1.807) is 41.3 Å². The number of aromatic nitrogens is 3. The van der Waals surface area contributed by atoms with Crippen molar-refractivity contribution in [1.29, 1.82) is 0 Å². The molecule has 0 saturated heterocycles. The lowest BCUT2D eigenvalue weighted by molar-refractivity contribution is 0.0991. The van der Waals surface area contributed by atoms with Gasteiger partial charge in [0.1, 0.15) is 29.5 Å². The average Bonchev–Trinajstić information content (AvgIpc) is 3.40. The highest BCUT2D eigenvalue weighted by atomic mass is 35.5. The molecule has 1 amide bonds. The number of aryl methyl sites for hydroxylation is 1. The van der Waals surface area contributed by atoms with E-state index in [0.29, 0.717) is 28.1 Å². The molecule has 0 radical (unpaired) electrons. The Morgan fingerprint density at radius 1 is 1.13 bits per heavy atom. The molecule has 2 heterocycles. The molecule has 0 fully saturated rings. The number of carbonyl (C=O) groups excluding carboxylic acids is 1. The number of ether oxygens (including phenoxy) is 1. The summed E-state index contributed by atoms with van der Waals surface area (Å²) in [6, 6.07) is 16.3. The van der Waals surface area contributed by atoms with E-state index in [1.165, 1.54) is 0 Å². The molecular formula is C22H18Cl2N4O3. The first-order chi connectivity index (χ1) is 15.0. The predicted octanol–water partition coefficient (Wildman–Crippen LogP) is 5.37. The van der Waals surface area contributed by atoms with Crippen molar-refractivity contribution >= 4 is 35.1 Å². The molecular weight excluding hydrogens is 439 g/mol. The Labute approximate surface area is 188 Å². The van der Waals surface area contributed by atoms with Crippen LogP contribution in [0.15, 0.2) is 65.3 Å². The summed E-state index contributed by atoms with van der Waals surface area (Å²) in [5.74, 6) is 0.740. The highest BCUT2D eigenvalue weighted by Gasteiger charge is 2.15. The van der Waals surface area contributed by atoms with Crippen molar-refractivity contribution < 1.29 is 13.9 Å². The predicted molar refractivity (Wildman–Crippen MR) is 118 cm³/mol. The van der Waals surface area contributed by atoms with Gasteiger partial charge in [-0.1, -0.05) is 53.5 Å². The second kappa shape index (κ2) is 9.24. The Morgan fingerprint density at radius 3 is 2.81 bits per heavy atom. The van der Waals surface area contributed by atoms with Crippen LogP contribution in [0.1, 0.15) is 27.4 Å².